The Bertz CT molecular complexity index is 1200. The minimum Gasteiger partial charge on any atom is -0.497 e. The van der Waals surface area contributed by atoms with Gasteiger partial charge < -0.3 is 15.2 Å². The molecule has 32 heavy (non-hydrogen) atoms. The number of nitrogens with one attached hydrogen (secondary N) is 1. The van der Waals surface area contributed by atoms with Gasteiger partial charge in [-0.15, -0.1) is 0 Å². The molecule has 1 aromatic heterocycles. The molecule has 3 rings (SSSR count). The van der Waals surface area contributed by atoms with Gasteiger partial charge in [0.2, 0.25) is 10.0 Å². The van der Waals surface area contributed by atoms with Crippen molar-refractivity contribution in [3.05, 3.63) is 59.9 Å². The first-order valence-electron chi connectivity index (χ1n) is 9.23. The molecule has 1 atom stereocenters. The van der Waals surface area contributed by atoms with E-state index in [9.17, 15) is 21.6 Å². The number of nitrogen functional groups attached to an aromatic ring is 1. The SMILES string of the molecule is COc1ccc(CNS(=O)(=O)c2cc(N)ccc2-n2cc(C(F)C(F)F)cn2)c(OC)c1. The highest BCUT2D eigenvalue weighted by atomic mass is 32.2. The van der Waals surface area contributed by atoms with Crippen LogP contribution in [0, 0.1) is 0 Å². The lowest BCUT2D eigenvalue weighted by Gasteiger charge is -2.14. The van der Waals surface area contributed by atoms with Crippen LogP contribution in [0.1, 0.15) is 17.3 Å². The Balaban J connectivity index is 1.93. The van der Waals surface area contributed by atoms with Crippen LogP contribution in [-0.4, -0.2) is 38.8 Å². The number of methoxy groups -OCH3 is 2. The lowest BCUT2D eigenvalue weighted by atomic mass is 10.2. The van der Waals surface area contributed by atoms with E-state index in [1.165, 1.54) is 32.4 Å². The van der Waals surface area contributed by atoms with E-state index in [2.05, 4.69) is 9.82 Å². The summed E-state index contributed by atoms with van der Waals surface area (Å²) in [6.07, 6.45) is -3.85. The number of sulfonamides is 1. The lowest BCUT2D eigenvalue weighted by Crippen LogP contribution is -2.25. The highest BCUT2D eigenvalue weighted by Crippen LogP contribution is 2.28. The van der Waals surface area contributed by atoms with Gasteiger partial charge in [-0.2, -0.15) is 5.10 Å². The number of anilines is 1. The molecular formula is C20H21F3N4O4S. The third-order valence-electron chi connectivity index (χ3n) is 4.61. The maximum absolute atomic E-state index is 13.6. The molecule has 0 amide bonds. The van der Waals surface area contributed by atoms with Crippen molar-refractivity contribution in [3.63, 3.8) is 0 Å². The Morgan fingerprint density at radius 1 is 1.12 bits per heavy atom. The lowest BCUT2D eigenvalue weighted by molar-refractivity contribution is 0.0495. The van der Waals surface area contributed by atoms with Crippen LogP contribution in [0.4, 0.5) is 18.9 Å². The van der Waals surface area contributed by atoms with E-state index in [1.54, 1.807) is 18.2 Å². The molecule has 0 fully saturated rings. The molecule has 0 spiro atoms. The number of benzene rings is 2. The summed E-state index contributed by atoms with van der Waals surface area (Å²) in [6, 6.07) is 8.87. The molecule has 3 aromatic rings. The van der Waals surface area contributed by atoms with E-state index in [0.29, 0.717) is 17.1 Å². The highest BCUT2D eigenvalue weighted by Gasteiger charge is 2.25. The number of hydrogen-bond donors (Lipinski definition) is 2. The highest BCUT2D eigenvalue weighted by molar-refractivity contribution is 7.89. The number of ether oxygens (including phenoxy) is 2. The zero-order valence-corrected chi connectivity index (χ0v) is 17.9. The van der Waals surface area contributed by atoms with Crippen LogP contribution < -0.4 is 19.9 Å². The average molecular weight is 470 g/mol. The number of hydrogen-bond acceptors (Lipinski definition) is 6. The molecule has 3 N–H and O–H groups in total. The first-order valence-corrected chi connectivity index (χ1v) is 10.7. The van der Waals surface area contributed by atoms with Crippen molar-refractivity contribution in [1.82, 2.24) is 14.5 Å². The van der Waals surface area contributed by atoms with Crippen LogP contribution in [0.3, 0.4) is 0 Å². The standard InChI is InChI=1S/C20H21F3N4O4S/c1-30-15-5-3-12(17(8-15)31-2)10-26-32(28,29)18-7-14(24)4-6-16(18)27-11-13(9-25-27)19(21)20(22)23/h3-9,11,19-20,26H,10,24H2,1-2H3. The fourth-order valence-corrected chi connectivity index (χ4v) is 4.17. The zero-order chi connectivity index (χ0) is 23.5. The number of halogens is 3. The van der Waals surface area contributed by atoms with E-state index in [-0.39, 0.29) is 28.4 Å². The summed E-state index contributed by atoms with van der Waals surface area (Å²) in [4.78, 5) is -0.257. The molecule has 0 saturated carbocycles. The van der Waals surface area contributed by atoms with E-state index < -0.39 is 22.6 Å². The second-order valence-electron chi connectivity index (χ2n) is 6.68. The van der Waals surface area contributed by atoms with Crippen LogP contribution in [0.25, 0.3) is 5.69 Å². The van der Waals surface area contributed by atoms with Gasteiger partial charge in [0.25, 0.3) is 6.43 Å². The summed E-state index contributed by atoms with van der Waals surface area (Å²) in [5.74, 6) is 0.952. The van der Waals surface area contributed by atoms with Crippen molar-refractivity contribution in [1.29, 1.82) is 0 Å². The quantitative estimate of drug-likeness (QED) is 0.465. The van der Waals surface area contributed by atoms with E-state index in [4.69, 9.17) is 15.2 Å². The largest absolute Gasteiger partial charge is 0.497 e. The molecule has 2 aromatic carbocycles. The Hall–Kier alpha value is -3.25. The van der Waals surface area contributed by atoms with Gasteiger partial charge in [-0.05, 0) is 24.3 Å². The predicted molar refractivity (Wildman–Crippen MR) is 111 cm³/mol. The average Bonchev–Trinajstić information content (AvgIpc) is 3.26. The second-order valence-corrected chi connectivity index (χ2v) is 8.42. The van der Waals surface area contributed by atoms with Crippen LogP contribution in [0.15, 0.2) is 53.7 Å². The first kappa shape index (κ1) is 23.4. The molecule has 12 heteroatoms. The smallest absolute Gasteiger partial charge is 0.273 e. The summed E-state index contributed by atoms with van der Waals surface area (Å²) < 4.78 is 78.9. The van der Waals surface area contributed by atoms with Gasteiger partial charge in [-0.25, -0.2) is 31.0 Å². The van der Waals surface area contributed by atoms with Gasteiger partial charge in [0.05, 0.1) is 26.1 Å². The molecule has 1 heterocycles. The van der Waals surface area contributed by atoms with Gasteiger partial charge in [0, 0.05) is 35.6 Å². The third-order valence-corrected chi connectivity index (χ3v) is 6.04. The van der Waals surface area contributed by atoms with E-state index in [0.717, 1.165) is 17.1 Å². The summed E-state index contributed by atoms with van der Waals surface area (Å²) in [5.41, 5.74) is 6.10. The maximum Gasteiger partial charge on any atom is 0.273 e. The van der Waals surface area contributed by atoms with Crippen molar-refractivity contribution in [2.45, 2.75) is 24.0 Å². The molecule has 0 bridgehead atoms. The Morgan fingerprint density at radius 2 is 1.88 bits per heavy atom. The normalized spacial score (nSPS) is 12.7. The molecule has 0 radical (unpaired) electrons. The number of rotatable bonds is 9. The molecule has 0 aliphatic rings. The van der Waals surface area contributed by atoms with Gasteiger partial charge in [-0.1, -0.05) is 6.07 Å². The van der Waals surface area contributed by atoms with E-state index >= 15 is 0 Å². The van der Waals surface area contributed by atoms with Gasteiger partial charge >= 0.3 is 0 Å². The van der Waals surface area contributed by atoms with Crippen molar-refractivity contribution in [3.8, 4) is 17.2 Å². The summed E-state index contributed by atoms with van der Waals surface area (Å²) in [7, 11) is -1.22. The molecule has 0 saturated heterocycles. The summed E-state index contributed by atoms with van der Waals surface area (Å²) >= 11 is 0. The topological polar surface area (TPSA) is 108 Å². The number of nitrogens with zero attached hydrogens (tertiary/aromatic N) is 2. The molecule has 0 aliphatic carbocycles. The number of aromatic nitrogens is 2. The fraction of sp³-hybridized carbons (Fsp3) is 0.250. The first-order chi connectivity index (χ1) is 15.2. The monoisotopic (exact) mass is 470 g/mol. The summed E-state index contributed by atoms with van der Waals surface area (Å²) in [6.45, 7) is -0.119. The van der Waals surface area contributed by atoms with Crippen molar-refractivity contribution >= 4 is 15.7 Å². The van der Waals surface area contributed by atoms with Crippen molar-refractivity contribution in [2.75, 3.05) is 20.0 Å². The minimum atomic E-state index is -4.15. The molecular weight excluding hydrogens is 449 g/mol. The summed E-state index contributed by atoms with van der Waals surface area (Å²) in [5, 5.41) is 3.83. The zero-order valence-electron chi connectivity index (χ0n) is 17.1. The van der Waals surface area contributed by atoms with E-state index in [1.807, 2.05) is 0 Å². The molecule has 172 valence electrons. The third kappa shape index (κ3) is 4.97. The fourth-order valence-electron chi connectivity index (χ4n) is 2.94. The molecule has 8 nitrogen and oxygen atoms in total. The Labute approximate surface area is 182 Å². The van der Waals surface area contributed by atoms with Gasteiger partial charge in [0.1, 0.15) is 16.4 Å². The number of nitrogens with two attached hydrogens (primary N) is 1. The Kier molecular flexibility index (Phi) is 6.94. The van der Waals surface area contributed by atoms with Crippen molar-refractivity contribution in [2.24, 2.45) is 0 Å². The second kappa shape index (κ2) is 9.49. The van der Waals surface area contributed by atoms with Crippen LogP contribution in [0.5, 0.6) is 11.5 Å². The predicted octanol–water partition coefficient (Wildman–Crippen LogP) is 3.23. The molecule has 1 unspecified atom stereocenters. The molecule has 0 aliphatic heterocycles. The maximum atomic E-state index is 13.6. The van der Waals surface area contributed by atoms with Crippen LogP contribution >= 0.6 is 0 Å². The van der Waals surface area contributed by atoms with Crippen molar-refractivity contribution < 1.29 is 31.1 Å². The van der Waals surface area contributed by atoms with Gasteiger partial charge in [-0.3, -0.25) is 0 Å². The van der Waals surface area contributed by atoms with Crippen LogP contribution in [-0.2, 0) is 16.6 Å². The number of alkyl halides is 3. The minimum absolute atomic E-state index is 0.0149. The van der Waals surface area contributed by atoms with Gasteiger partial charge in [0.15, 0.2) is 6.17 Å². The van der Waals surface area contributed by atoms with Crippen LogP contribution in [0.2, 0.25) is 0 Å². The Morgan fingerprint density at radius 3 is 2.53 bits per heavy atom.